The van der Waals surface area contributed by atoms with Gasteiger partial charge in [-0.3, -0.25) is 14.4 Å². The Balaban J connectivity index is 1.80. The molecule has 0 aliphatic carbocycles. The topological polar surface area (TPSA) is 81.3 Å². The van der Waals surface area contributed by atoms with Gasteiger partial charge in [-0.1, -0.05) is 17.7 Å². The van der Waals surface area contributed by atoms with Crippen molar-refractivity contribution in [3.05, 3.63) is 69.9 Å². The van der Waals surface area contributed by atoms with Crippen LogP contribution in [0.15, 0.2) is 36.5 Å². The van der Waals surface area contributed by atoms with E-state index in [0.717, 1.165) is 5.69 Å². The zero-order valence-electron chi connectivity index (χ0n) is 22.3. The van der Waals surface area contributed by atoms with Crippen LogP contribution < -0.4 is 14.5 Å². The summed E-state index contributed by atoms with van der Waals surface area (Å²) in [6, 6.07) is 7.33. The van der Waals surface area contributed by atoms with Crippen LogP contribution in [0.5, 0.6) is 5.88 Å². The molecule has 38 heavy (non-hydrogen) atoms. The number of aryl methyl sites for hydroxylation is 2. The first-order valence-corrected chi connectivity index (χ1v) is 12.5. The molecule has 0 bridgehead atoms. The second-order valence-electron chi connectivity index (χ2n) is 9.79. The second-order valence-corrected chi connectivity index (χ2v) is 10.2. The minimum absolute atomic E-state index is 0.0918. The average Bonchev–Trinajstić information content (AvgIpc) is 3.49. The van der Waals surface area contributed by atoms with Gasteiger partial charge < -0.3 is 14.2 Å². The maximum absolute atomic E-state index is 15.5. The summed E-state index contributed by atoms with van der Waals surface area (Å²) in [6.07, 6.45) is 1.69. The van der Waals surface area contributed by atoms with Crippen molar-refractivity contribution in [2.45, 2.75) is 32.9 Å². The lowest BCUT2D eigenvalue weighted by Gasteiger charge is -2.29. The number of aromatic nitrogens is 5. The van der Waals surface area contributed by atoms with Gasteiger partial charge in [0.2, 0.25) is 11.8 Å². The van der Waals surface area contributed by atoms with Crippen LogP contribution in [-0.4, -0.2) is 51.4 Å². The van der Waals surface area contributed by atoms with Gasteiger partial charge in [-0.05, 0) is 39.0 Å². The predicted octanol–water partition coefficient (Wildman–Crippen LogP) is 5.18. The highest BCUT2D eigenvalue weighted by atomic mass is 35.5. The molecule has 9 nitrogen and oxygen atoms in total. The van der Waals surface area contributed by atoms with Gasteiger partial charge in [-0.25, -0.2) is 9.37 Å². The molecule has 0 saturated carbocycles. The van der Waals surface area contributed by atoms with Crippen molar-refractivity contribution >= 4 is 29.3 Å². The van der Waals surface area contributed by atoms with E-state index in [1.165, 1.54) is 6.07 Å². The number of benzene rings is 1. The maximum atomic E-state index is 15.5. The quantitative estimate of drug-likeness (QED) is 0.337. The molecule has 0 N–H and O–H groups in total. The van der Waals surface area contributed by atoms with Gasteiger partial charge in [0, 0.05) is 50.0 Å². The fourth-order valence-electron chi connectivity index (χ4n) is 5.10. The highest BCUT2D eigenvalue weighted by Gasteiger charge is 2.45. The first-order valence-electron chi connectivity index (χ1n) is 12.2. The SMILES string of the molecule is COc1nc(N(C)C)ncc1-c1cc2c(n1C(C)C)C(c1ccc(Cl)cc1F)N(c1cc(C)nn1C)C2=O. The summed E-state index contributed by atoms with van der Waals surface area (Å²) in [5, 5.41) is 4.71. The fraction of sp³-hybridized carbons (Fsp3) is 0.333. The van der Waals surface area contributed by atoms with Crippen LogP contribution in [0.4, 0.5) is 16.2 Å². The third kappa shape index (κ3) is 3.99. The number of nitrogens with zero attached hydrogens (tertiary/aromatic N) is 7. The molecule has 5 rings (SSSR count). The summed E-state index contributed by atoms with van der Waals surface area (Å²) >= 11 is 6.10. The number of methoxy groups -OCH3 is 1. The van der Waals surface area contributed by atoms with Crippen molar-refractivity contribution in [3.63, 3.8) is 0 Å². The molecular formula is C27H29ClFN7O2. The third-order valence-corrected chi connectivity index (χ3v) is 6.89. The van der Waals surface area contributed by atoms with Gasteiger partial charge in [0.05, 0.1) is 35.3 Å². The fourth-order valence-corrected chi connectivity index (χ4v) is 5.25. The van der Waals surface area contributed by atoms with Crippen molar-refractivity contribution < 1.29 is 13.9 Å². The standard InChI is InChI=1S/C27H29ClFN7O2/c1-14(2)35-21(19-13-30-27(33(4)5)31-25(19)38-7)12-18-24(35)23(17-9-8-16(28)11-20(17)29)36(26(18)37)22-10-15(3)32-34(22)6/h8-14,23H,1-7H3. The van der Waals surface area contributed by atoms with E-state index in [1.807, 2.05) is 51.6 Å². The summed E-state index contributed by atoms with van der Waals surface area (Å²) < 4.78 is 24.8. The molecule has 0 radical (unpaired) electrons. The number of hydrogen-bond acceptors (Lipinski definition) is 6. The van der Waals surface area contributed by atoms with Crippen molar-refractivity contribution in [1.82, 2.24) is 24.3 Å². The zero-order chi connectivity index (χ0) is 27.5. The number of halogens is 2. The molecular weight excluding hydrogens is 509 g/mol. The second kappa shape index (κ2) is 9.43. The van der Waals surface area contributed by atoms with Gasteiger partial charge in [0.1, 0.15) is 17.7 Å². The molecule has 198 valence electrons. The van der Waals surface area contributed by atoms with Gasteiger partial charge >= 0.3 is 0 Å². The molecule has 1 aliphatic rings. The first kappa shape index (κ1) is 25.7. The summed E-state index contributed by atoms with van der Waals surface area (Å²) in [6.45, 7) is 5.88. The Bertz CT molecular complexity index is 1560. The minimum Gasteiger partial charge on any atom is -0.480 e. The van der Waals surface area contributed by atoms with Gasteiger partial charge in [0.15, 0.2) is 0 Å². The third-order valence-electron chi connectivity index (χ3n) is 6.65. The lowest BCUT2D eigenvalue weighted by Crippen LogP contribution is -2.32. The van der Waals surface area contributed by atoms with E-state index >= 15 is 4.39 Å². The molecule has 0 spiro atoms. The van der Waals surface area contributed by atoms with Crippen LogP contribution >= 0.6 is 11.6 Å². The lowest BCUT2D eigenvalue weighted by molar-refractivity contribution is 0.0991. The maximum Gasteiger partial charge on any atom is 0.262 e. The number of carbonyl (C=O) groups excluding carboxylic acids is 1. The van der Waals surface area contributed by atoms with Gasteiger partial charge in [0.25, 0.3) is 5.91 Å². The van der Waals surface area contributed by atoms with Gasteiger partial charge in [-0.2, -0.15) is 10.1 Å². The van der Waals surface area contributed by atoms with Crippen LogP contribution in [0.3, 0.4) is 0 Å². The highest BCUT2D eigenvalue weighted by molar-refractivity contribution is 6.30. The Hall–Kier alpha value is -3.92. The Morgan fingerprint density at radius 2 is 1.89 bits per heavy atom. The number of anilines is 2. The van der Waals surface area contributed by atoms with E-state index < -0.39 is 11.9 Å². The van der Waals surface area contributed by atoms with Crippen LogP contribution in [0.1, 0.15) is 53.2 Å². The Morgan fingerprint density at radius 1 is 1.16 bits per heavy atom. The molecule has 1 amide bonds. The number of amides is 1. The van der Waals surface area contributed by atoms with E-state index in [2.05, 4.69) is 15.1 Å². The summed E-state index contributed by atoms with van der Waals surface area (Å²) in [5.74, 6) is 0.684. The largest absolute Gasteiger partial charge is 0.480 e. The van der Waals surface area contributed by atoms with Crippen molar-refractivity contribution in [2.75, 3.05) is 31.0 Å². The average molecular weight is 538 g/mol. The van der Waals surface area contributed by atoms with E-state index in [4.69, 9.17) is 16.3 Å². The van der Waals surface area contributed by atoms with Crippen LogP contribution in [0.2, 0.25) is 5.02 Å². The lowest BCUT2D eigenvalue weighted by atomic mass is 10.0. The first-order chi connectivity index (χ1) is 18.0. The van der Waals surface area contributed by atoms with Crippen LogP contribution in [0, 0.1) is 12.7 Å². The van der Waals surface area contributed by atoms with Crippen molar-refractivity contribution in [2.24, 2.45) is 7.05 Å². The summed E-state index contributed by atoms with van der Waals surface area (Å²) in [4.78, 5) is 26.5. The van der Waals surface area contributed by atoms with Crippen LogP contribution in [-0.2, 0) is 7.05 Å². The number of rotatable bonds is 6. The minimum atomic E-state index is -0.756. The number of fused-ring (bicyclic) bond motifs is 1. The van der Waals surface area contributed by atoms with E-state index in [1.54, 1.807) is 47.0 Å². The number of hydrogen-bond donors (Lipinski definition) is 0. The Morgan fingerprint density at radius 3 is 2.47 bits per heavy atom. The van der Waals surface area contributed by atoms with E-state index in [-0.39, 0.29) is 17.0 Å². The summed E-state index contributed by atoms with van der Waals surface area (Å²) in [7, 11) is 7.01. The molecule has 4 aromatic rings. The monoisotopic (exact) mass is 537 g/mol. The molecule has 0 saturated heterocycles. The highest BCUT2D eigenvalue weighted by Crippen LogP contribution is 2.47. The van der Waals surface area contributed by atoms with E-state index in [0.29, 0.717) is 45.7 Å². The molecule has 11 heteroatoms. The zero-order valence-corrected chi connectivity index (χ0v) is 23.1. The van der Waals surface area contributed by atoms with E-state index in [9.17, 15) is 4.79 Å². The molecule has 1 atom stereocenters. The molecule has 1 aromatic carbocycles. The normalized spacial score (nSPS) is 14.9. The number of carbonyl (C=O) groups is 1. The summed E-state index contributed by atoms with van der Waals surface area (Å²) in [5.41, 5.74) is 3.55. The Labute approximate surface area is 225 Å². The molecule has 0 fully saturated rings. The smallest absolute Gasteiger partial charge is 0.262 e. The van der Waals surface area contributed by atoms with Crippen molar-refractivity contribution in [3.8, 4) is 17.1 Å². The Kier molecular flexibility index (Phi) is 6.38. The number of ether oxygens (including phenoxy) is 1. The van der Waals surface area contributed by atoms with Gasteiger partial charge in [-0.15, -0.1) is 0 Å². The molecule has 3 aromatic heterocycles. The molecule has 1 unspecified atom stereocenters. The van der Waals surface area contributed by atoms with Crippen LogP contribution in [0.25, 0.3) is 11.3 Å². The molecule has 1 aliphatic heterocycles. The van der Waals surface area contributed by atoms with Crippen molar-refractivity contribution in [1.29, 1.82) is 0 Å². The predicted molar refractivity (Wildman–Crippen MR) is 145 cm³/mol. The molecule has 4 heterocycles.